The number of benzene rings is 2. The van der Waals surface area contributed by atoms with E-state index >= 15 is 13.2 Å². The Hall–Kier alpha value is -3.99. The van der Waals surface area contributed by atoms with E-state index in [0.717, 1.165) is 129 Å². The fourth-order valence-electron chi connectivity index (χ4n) is 10.7. The molecule has 5 rings (SSSR count). The van der Waals surface area contributed by atoms with Gasteiger partial charge in [0.1, 0.15) is 18.3 Å². The maximum absolute atomic E-state index is 15.0. The molecule has 410 valence electrons. The van der Waals surface area contributed by atoms with E-state index < -0.39 is 83.2 Å². The monoisotopic (exact) mass is 1040 g/mol. The van der Waals surface area contributed by atoms with Gasteiger partial charge in [-0.2, -0.15) is 26.3 Å². The summed E-state index contributed by atoms with van der Waals surface area (Å²) in [5.74, 6) is -3.39. The molecule has 2 fully saturated rings. The summed E-state index contributed by atoms with van der Waals surface area (Å²) in [6.07, 6.45) is 6.66. The summed E-state index contributed by atoms with van der Waals surface area (Å²) in [5, 5.41) is 0. The highest BCUT2D eigenvalue weighted by Crippen LogP contribution is 2.46. The quantitative estimate of drug-likeness (QED) is 0.0296. The number of halogens is 6. The van der Waals surface area contributed by atoms with E-state index in [2.05, 4.69) is 6.92 Å². The second-order valence-corrected chi connectivity index (χ2v) is 20.1. The van der Waals surface area contributed by atoms with Gasteiger partial charge in [-0.3, -0.25) is 0 Å². The summed E-state index contributed by atoms with van der Waals surface area (Å²) in [5.41, 5.74) is -6.83. The van der Waals surface area contributed by atoms with Crippen LogP contribution in [0.4, 0.5) is 26.3 Å². The van der Waals surface area contributed by atoms with Crippen molar-refractivity contribution in [2.24, 2.45) is 0 Å². The third kappa shape index (κ3) is 16.3. The first-order valence-corrected chi connectivity index (χ1v) is 27.0. The Balaban J connectivity index is 1.22. The largest absolute Gasteiger partial charge is 0.457 e. The van der Waals surface area contributed by atoms with Crippen molar-refractivity contribution in [2.75, 3.05) is 14.2 Å². The van der Waals surface area contributed by atoms with E-state index in [4.69, 9.17) is 33.2 Å². The summed E-state index contributed by atoms with van der Waals surface area (Å²) in [4.78, 5) is 39.8. The summed E-state index contributed by atoms with van der Waals surface area (Å²) < 4.78 is 130. The predicted octanol–water partition coefficient (Wildman–Crippen LogP) is 14.2. The Kier molecular flexibility index (Phi) is 24.1. The minimum absolute atomic E-state index is 0.153. The number of ether oxygens (including phenoxy) is 7. The van der Waals surface area contributed by atoms with Gasteiger partial charge in [0, 0.05) is 30.9 Å². The Morgan fingerprint density at radius 3 is 1.27 bits per heavy atom. The number of carbonyl (C=O) groups is 3. The van der Waals surface area contributed by atoms with Crippen LogP contribution in [0.1, 0.15) is 185 Å². The summed E-state index contributed by atoms with van der Waals surface area (Å²) in [6.45, 7) is 4.00. The van der Waals surface area contributed by atoms with Crippen molar-refractivity contribution in [3.8, 4) is 0 Å². The second kappa shape index (κ2) is 29.3. The normalized spacial score (nSPS) is 22.8. The highest BCUT2D eigenvalue weighted by Gasteiger charge is 2.66. The van der Waals surface area contributed by atoms with Gasteiger partial charge in [-0.25, -0.2) is 14.4 Å². The molecule has 10 nitrogen and oxygen atoms in total. The third-order valence-corrected chi connectivity index (χ3v) is 14.8. The number of alkyl halides is 6. The first kappa shape index (κ1) is 59.9. The van der Waals surface area contributed by atoms with E-state index in [1.807, 2.05) is 13.0 Å². The van der Waals surface area contributed by atoms with Gasteiger partial charge in [0.25, 0.3) is 11.2 Å². The van der Waals surface area contributed by atoms with E-state index in [0.29, 0.717) is 38.5 Å². The van der Waals surface area contributed by atoms with Crippen molar-refractivity contribution in [1.82, 2.24) is 0 Å². The molecule has 0 N–H and O–H groups in total. The van der Waals surface area contributed by atoms with Crippen molar-refractivity contribution in [3.63, 3.8) is 0 Å². The topological polar surface area (TPSA) is 116 Å². The summed E-state index contributed by atoms with van der Waals surface area (Å²) >= 11 is 0. The molecule has 3 aliphatic rings. The Morgan fingerprint density at radius 1 is 0.562 bits per heavy atom. The van der Waals surface area contributed by atoms with Crippen LogP contribution >= 0.6 is 0 Å². The Morgan fingerprint density at radius 2 is 0.932 bits per heavy atom. The minimum Gasteiger partial charge on any atom is -0.457 e. The molecule has 0 saturated carbocycles. The van der Waals surface area contributed by atoms with Crippen molar-refractivity contribution < 1.29 is 73.9 Å². The summed E-state index contributed by atoms with van der Waals surface area (Å²) in [6, 6.07) is 13.4. The van der Waals surface area contributed by atoms with Gasteiger partial charge in [0.15, 0.2) is 0 Å². The Labute approximate surface area is 428 Å². The van der Waals surface area contributed by atoms with Crippen LogP contribution in [-0.2, 0) is 58.7 Å². The molecule has 0 radical (unpaired) electrons. The summed E-state index contributed by atoms with van der Waals surface area (Å²) in [7, 11) is 1.67. The number of esters is 3. The van der Waals surface area contributed by atoms with Crippen LogP contribution in [0.25, 0.3) is 0 Å². The van der Waals surface area contributed by atoms with Crippen LogP contribution in [0.15, 0.2) is 72.3 Å². The fourth-order valence-corrected chi connectivity index (χ4v) is 10.7. The van der Waals surface area contributed by atoms with E-state index in [-0.39, 0.29) is 24.9 Å². The number of carbonyl (C=O) groups excluding carboxylic acids is 3. The van der Waals surface area contributed by atoms with Crippen molar-refractivity contribution in [2.45, 2.75) is 241 Å². The van der Waals surface area contributed by atoms with Crippen LogP contribution in [0, 0.1) is 0 Å². The zero-order valence-corrected chi connectivity index (χ0v) is 43.4. The maximum atomic E-state index is 15.0. The molecule has 2 aromatic rings. The number of hydrogen-bond acceptors (Lipinski definition) is 10. The molecule has 9 atom stereocenters. The zero-order valence-electron chi connectivity index (χ0n) is 43.4. The standard InChI is InChI=1S/C57H80F6O10/c1-5-6-7-8-9-15-18-27-34-45(72-52(65)54(67-3,56(58,59)60)43-30-23-20-24-31-43)47-36-38-49(70-47)50-39-37-48(71-50)46(73-53(66)55(68-4,57(61,62)63)44-32-25-21-26-33-44)35-28-19-16-13-11-10-12-14-17-22-29-42-40-41(2)69-51(42)64/h20-21,23-26,30-33,40-41,45-50H,5-19,22,27-29,34-39H2,1-4H3/t41-,45+,46+,47+,48+,49-,50-,54-,55-/m0/s1. The molecule has 2 aromatic carbocycles. The van der Waals surface area contributed by atoms with Crippen molar-refractivity contribution >= 4 is 17.9 Å². The number of hydrogen-bond donors (Lipinski definition) is 0. The molecule has 0 aromatic heterocycles. The molecule has 2 saturated heterocycles. The van der Waals surface area contributed by atoms with Gasteiger partial charge in [-0.05, 0) is 77.2 Å². The van der Waals surface area contributed by atoms with Gasteiger partial charge in [0.05, 0.1) is 24.4 Å². The van der Waals surface area contributed by atoms with Crippen molar-refractivity contribution in [3.05, 3.63) is 83.4 Å². The van der Waals surface area contributed by atoms with Crippen LogP contribution < -0.4 is 0 Å². The van der Waals surface area contributed by atoms with E-state index in [9.17, 15) is 27.6 Å². The molecule has 0 spiro atoms. The average molecular weight is 1040 g/mol. The molecule has 73 heavy (non-hydrogen) atoms. The van der Waals surface area contributed by atoms with Gasteiger partial charge in [0.2, 0.25) is 0 Å². The molecule has 0 unspecified atom stereocenters. The fraction of sp³-hybridized carbons (Fsp3) is 0.702. The van der Waals surface area contributed by atoms with Crippen LogP contribution in [-0.4, -0.2) is 87.2 Å². The van der Waals surface area contributed by atoms with Gasteiger partial charge in [-0.15, -0.1) is 0 Å². The zero-order chi connectivity index (χ0) is 52.9. The number of unbranched alkanes of at least 4 members (excludes halogenated alkanes) is 16. The second-order valence-electron chi connectivity index (χ2n) is 20.1. The lowest BCUT2D eigenvalue weighted by Gasteiger charge is -2.35. The van der Waals surface area contributed by atoms with Crippen molar-refractivity contribution in [1.29, 1.82) is 0 Å². The van der Waals surface area contributed by atoms with Gasteiger partial charge in [-0.1, -0.05) is 164 Å². The molecule has 0 amide bonds. The molecule has 16 heteroatoms. The van der Waals surface area contributed by atoms with Gasteiger partial charge < -0.3 is 33.2 Å². The highest BCUT2D eigenvalue weighted by atomic mass is 19.4. The lowest BCUT2D eigenvalue weighted by Crippen LogP contribution is -2.53. The minimum atomic E-state index is -5.17. The van der Waals surface area contributed by atoms with Gasteiger partial charge >= 0.3 is 30.3 Å². The lowest BCUT2D eigenvalue weighted by molar-refractivity contribution is -0.281. The predicted molar refractivity (Wildman–Crippen MR) is 264 cm³/mol. The number of cyclic esters (lactones) is 1. The smallest absolute Gasteiger partial charge is 0.432 e. The third-order valence-electron chi connectivity index (χ3n) is 14.8. The molecular formula is C57H80F6O10. The van der Waals surface area contributed by atoms with Crippen LogP contribution in [0.3, 0.4) is 0 Å². The number of rotatable bonds is 33. The molecule has 3 aliphatic heterocycles. The first-order valence-electron chi connectivity index (χ1n) is 27.0. The van der Waals surface area contributed by atoms with E-state index in [1.165, 1.54) is 60.7 Å². The Bertz CT molecular complexity index is 1980. The maximum Gasteiger partial charge on any atom is 0.432 e. The lowest BCUT2D eigenvalue weighted by atomic mass is 9.92. The van der Waals surface area contributed by atoms with E-state index in [1.54, 1.807) is 0 Å². The number of methoxy groups -OCH3 is 2. The molecule has 3 heterocycles. The molecule has 0 aliphatic carbocycles. The first-order chi connectivity index (χ1) is 35.0. The molecular weight excluding hydrogens is 959 g/mol. The highest BCUT2D eigenvalue weighted by molar-refractivity contribution is 5.90. The average Bonchev–Trinajstić information content (AvgIpc) is 4.13. The SMILES string of the molecule is CCCCCCCCCC[C@@H](OC(=O)[C@@](OC)(c1ccccc1)C(F)(F)F)[C@H]1CC[C@@H]([C@@H]2CC[C@H]([C@@H](CCCCCCCCCCCCC3=C[C@H](C)OC3=O)OC(=O)[C@@](OC)(c3ccccc3)C(F)(F)F)O2)O1. The molecule has 0 bridgehead atoms. The van der Waals surface area contributed by atoms with Crippen LogP contribution in [0.2, 0.25) is 0 Å². The van der Waals surface area contributed by atoms with Crippen LogP contribution in [0.5, 0.6) is 0 Å².